The second-order valence-electron chi connectivity index (χ2n) is 0.412. The van der Waals surface area contributed by atoms with Gasteiger partial charge < -0.3 is 0 Å². The number of halogens is 1. The van der Waals surface area contributed by atoms with Crippen LogP contribution in [0.15, 0.2) is 0 Å². The van der Waals surface area contributed by atoms with Crippen LogP contribution < -0.4 is 0 Å². The smallest absolute Gasteiger partial charge is 0.260 e. The van der Waals surface area contributed by atoms with Crippen molar-refractivity contribution >= 4 is 10.5 Å². The zero-order valence-corrected chi connectivity index (χ0v) is 6.53. The minimum Gasteiger partial charge on any atom is -0.260 e. The minimum absolute atomic E-state index is 0. The van der Waals surface area contributed by atoms with Crippen molar-refractivity contribution in [3.05, 3.63) is 0 Å². The Morgan fingerprint density at radius 3 is 1.50 bits per heavy atom. The number of hydrogen-bond donors (Lipinski definition) is 1. The number of rotatable bonds is 0. The third-order valence-electron chi connectivity index (χ3n) is 0. The van der Waals surface area contributed by atoms with Gasteiger partial charge in [0.1, 0.15) is 0 Å². The van der Waals surface area contributed by atoms with E-state index in [9.17, 15) is 3.89 Å². The SMILES string of the molecule is O=S(=O)(O)F.[Ta]. The van der Waals surface area contributed by atoms with E-state index in [0.29, 0.717) is 0 Å². The van der Waals surface area contributed by atoms with E-state index in [0.717, 1.165) is 0 Å². The second-order valence-corrected chi connectivity index (χ2v) is 1.24. The van der Waals surface area contributed by atoms with Crippen LogP contribution in [-0.4, -0.2) is 13.0 Å². The predicted molar refractivity (Wildman–Crippen MR) is 12.7 cm³/mol. The molecule has 0 atom stereocenters. The van der Waals surface area contributed by atoms with E-state index >= 15 is 0 Å². The van der Waals surface area contributed by atoms with E-state index in [1.807, 2.05) is 0 Å². The van der Waals surface area contributed by atoms with E-state index in [2.05, 4.69) is 0 Å². The van der Waals surface area contributed by atoms with Crippen molar-refractivity contribution in [2.45, 2.75) is 0 Å². The molecule has 6 heteroatoms. The molecule has 0 fully saturated rings. The zero-order valence-electron chi connectivity index (χ0n) is 2.50. The molecule has 0 unspecified atom stereocenters. The van der Waals surface area contributed by atoms with Crippen molar-refractivity contribution in [1.29, 1.82) is 0 Å². The Labute approximate surface area is 50.1 Å². The van der Waals surface area contributed by atoms with Gasteiger partial charge in [0.2, 0.25) is 0 Å². The summed E-state index contributed by atoms with van der Waals surface area (Å²) in [5, 5.41) is 0. The van der Waals surface area contributed by atoms with Crippen LogP contribution in [0.2, 0.25) is 0 Å². The normalized spacial score (nSPS) is 9.67. The topological polar surface area (TPSA) is 54.4 Å². The van der Waals surface area contributed by atoms with Crippen molar-refractivity contribution < 1.29 is 39.2 Å². The van der Waals surface area contributed by atoms with Gasteiger partial charge in [-0.15, -0.1) is 0 Å². The molecule has 0 bridgehead atoms. The van der Waals surface area contributed by atoms with E-state index in [1.165, 1.54) is 0 Å². The van der Waals surface area contributed by atoms with Crippen molar-refractivity contribution in [3.63, 3.8) is 0 Å². The molecule has 0 aliphatic rings. The monoisotopic (exact) mass is 281 g/mol. The van der Waals surface area contributed by atoms with Gasteiger partial charge in [0.15, 0.2) is 0 Å². The first-order valence-corrected chi connectivity index (χ1v) is 2.01. The van der Waals surface area contributed by atoms with E-state index in [1.54, 1.807) is 0 Å². The zero-order chi connectivity index (χ0) is 4.50. The molecule has 0 aliphatic carbocycles. The van der Waals surface area contributed by atoms with Crippen molar-refractivity contribution in [2.24, 2.45) is 0 Å². The van der Waals surface area contributed by atoms with Gasteiger partial charge in [-0.3, -0.25) is 4.55 Å². The molecule has 1 N–H and O–H groups in total. The van der Waals surface area contributed by atoms with Crippen molar-refractivity contribution in [3.8, 4) is 0 Å². The van der Waals surface area contributed by atoms with Crippen LogP contribution in [-0.2, 0) is 32.9 Å². The maximum absolute atomic E-state index is 10.2. The van der Waals surface area contributed by atoms with Crippen LogP contribution in [0.4, 0.5) is 3.89 Å². The molecule has 0 aliphatic heterocycles. The molecule has 0 aromatic heterocycles. The van der Waals surface area contributed by atoms with Gasteiger partial charge in [0, 0.05) is 22.4 Å². The van der Waals surface area contributed by atoms with Crippen LogP contribution in [0.25, 0.3) is 0 Å². The Balaban J connectivity index is 0. The predicted octanol–water partition coefficient (Wildman–Crippen LogP) is -0.244. The van der Waals surface area contributed by atoms with Crippen LogP contribution in [0, 0.1) is 0 Å². The Hall–Kier alpha value is 0.580. The molecule has 6 heavy (non-hydrogen) atoms. The van der Waals surface area contributed by atoms with Crippen LogP contribution in [0.5, 0.6) is 0 Å². The minimum atomic E-state index is -5.17. The van der Waals surface area contributed by atoms with Crippen molar-refractivity contribution in [2.75, 3.05) is 0 Å². The Morgan fingerprint density at radius 2 is 1.50 bits per heavy atom. The third-order valence-corrected chi connectivity index (χ3v) is 0. The number of hydrogen-bond acceptors (Lipinski definition) is 2. The summed E-state index contributed by atoms with van der Waals surface area (Å²) in [7, 11) is -5.17. The first-order valence-electron chi connectivity index (χ1n) is 0.670. The fourth-order valence-corrected chi connectivity index (χ4v) is 0. The van der Waals surface area contributed by atoms with Gasteiger partial charge in [0.05, 0.1) is 0 Å². The maximum atomic E-state index is 10.2. The van der Waals surface area contributed by atoms with E-state index < -0.39 is 10.5 Å². The summed E-state index contributed by atoms with van der Waals surface area (Å²) < 4.78 is 34.1. The first kappa shape index (κ1) is 9.77. The van der Waals surface area contributed by atoms with E-state index in [-0.39, 0.29) is 22.4 Å². The van der Waals surface area contributed by atoms with Gasteiger partial charge in [0.25, 0.3) is 0 Å². The summed E-state index contributed by atoms with van der Waals surface area (Å²) >= 11 is 0. The molecule has 0 aromatic carbocycles. The second kappa shape index (κ2) is 2.70. The average molecular weight is 281 g/mol. The molecule has 37 valence electrons. The fraction of sp³-hybridized carbons (Fsp3) is 0. The third kappa shape index (κ3) is 174. The summed E-state index contributed by atoms with van der Waals surface area (Å²) in [6.07, 6.45) is 0. The molecule has 0 spiro atoms. The van der Waals surface area contributed by atoms with Crippen LogP contribution in [0.3, 0.4) is 0 Å². The van der Waals surface area contributed by atoms with E-state index in [4.69, 9.17) is 13.0 Å². The van der Waals surface area contributed by atoms with Gasteiger partial charge >= 0.3 is 10.5 Å². The largest absolute Gasteiger partial charge is 0.435 e. The molecular weight excluding hydrogens is 280 g/mol. The summed E-state index contributed by atoms with van der Waals surface area (Å²) in [5.41, 5.74) is 0. The van der Waals surface area contributed by atoms with Gasteiger partial charge in [-0.05, 0) is 0 Å². The molecule has 1 radical (unpaired) electrons. The Morgan fingerprint density at radius 1 is 1.50 bits per heavy atom. The Kier molecular flexibility index (Phi) is 4.40. The van der Waals surface area contributed by atoms with Gasteiger partial charge in [-0.1, -0.05) is 3.89 Å². The summed E-state index contributed by atoms with van der Waals surface area (Å²) in [6, 6.07) is 0. The Bertz CT molecular complexity index is 94.0. The van der Waals surface area contributed by atoms with Crippen molar-refractivity contribution in [1.82, 2.24) is 0 Å². The summed E-state index contributed by atoms with van der Waals surface area (Å²) in [6.45, 7) is 0. The van der Waals surface area contributed by atoms with Crippen LogP contribution >= 0.6 is 0 Å². The fourth-order valence-electron chi connectivity index (χ4n) is 0. The first-order chi connectivity index (χ1) is 2.00. The molecular formula is HFO3STa. The van der Waals surface area contributed by atoms with Gasteiger partial charge in [-0.2, -0.15) is 8.42 Å². The summed E-state index contributed by atoms with van der Waals surface area (Å²) in [5.74, 6) is 0. The van der Waals surface area contributed by atoms with Crippen LogP contribution in [0.1, 0.15) is 0 Å². The maximum Gasteiger partial charge on any atom is 0.435 e. The molecule has 0 rings (SSSR count). The van der Waals surface area contributed by atoms with Gasteiger partial charge in [-0.25, -0.2) is 0 Å². The standard InChI is InChI=1S/FHO3S.Ta/c1-5(2,3)4;/h(H,2,3,4);. The summed E-state index contributed by atoms with van der Waals surface area (Å²) in [4.78, 5) is 0. The molecule has 0 saturated heterocycles. The quantitative estimate of drug-likeness (QED) is 0.492. The molecule has 0 amide bonds. The molecule has 0 heterocycles. The molecule has 0 aromatic rings. The molecule has 3 nitrogen and oxygen atoms in total. The molecule has 0 saturated carbocycles. The average Bonchev–Trinajstić information content (AvgIpc) is 0.722.